The first-order valence-corrected chi connectivity index (χ1v) is 9.77. The second-order valence-electron chi connectivity index (χ2n) is 6.97. The highest BCUT2D eigenvalue weighted by molar-refractivity contribution is 6.31. The van der Waals surface area contributed by atoms with E-state index >= 15 is 0 Å². The average molecular weight is 405 g/mol. The molecule has 0 aliphatic rings. The van der Waals surface area contributed by atoms with Gasteiger partial charge in [0.2, 0.25) is 11.8 Å². The highest BCUT2D eigenvalue weighted by Gasteiger charge is 2.29. The summed E-state index contributed by atoms with van der Waals surface area (Å²) in [6.45, 7) is 5.76. The SMILES string of the molecule is CC[C@H](C(=O)NC(C)C)N(Cc1ccccc1Cl)C(=O)Cc1ccccc1F. The van der Waals surface area contributed by atoms with Gasteiger partial charge in [-0.3, -0.25) is 9.59 Å². The summed E-state index contributed by atoms with van der Waals surface area (Å²) in [6, 6.07) is 12.6. The first kappa shape index (κ1) is 21.9. The molecular weight excluding hydrogens is 379 g/mol. The number of amides is 2. The quantitative estimate of drug-likeness (QED) is 0.710. The number of carbonyl (C=O) groups excluding carboxylic acids is 2. The zero-order valence-electron chi connectivity index (χ0n) is 16.4. The predicted octanol–water partition coefficient (Wildman–Crippen LogP) is 4.35. The summed E-state index contributed by atoms with van der Waals surface area (Å²) >= 11 is 6.27. The summed E-state index contributed by atoms with van der Waals surface area (Å²) in [5.41, 5.74) is 1.04. The topological polar surface area (TPSA) is 49.4 Å². The number of carbonyl (C=O) groups is 2. The van der Waals surface area contributed by atoms with Crippen LogP contribution in [0.4, 0.5) is 4.39 Å². The summed E-state index contributed by atoms with van der Waals surface area (Å²) in [4.78, 5) is 27.3. The van der Waals surface area contributed by atoms with Gasteiger partial charge in [0.1, 0.15) is 11.9 Å². The Bertz CT molecular complexity index is 826. The molecular formula is C22H26ClFN2O2. The summed E-state index contributed by atoms with van der Waals surface area (Å²) in [5.74, 6) is -0.990. The summed E-state index contributed by atoms with van der Waals surface area (Å²) in [7, 11) is 0. The first-order valence-electron chi connectivity index (χ1n) is 9.40. The average Bonchev–Trinajstić information content (AvgIpc) is 2.64. The highest BCUT2D eigenvalue weighted by Crippen LogP contribution is 2.21. The Hall–Kier alpha value is -2.40. The predicted molar refractivity (Wildman–Crippen MR) is 109 cm³/mol. The van der Waals surface area contributed by atoms with E-state index in [2.05, 4.69) is 5.32 Å². The molecule has 4 nitrogen and oxygen atoms in total. The lowest BCUT2D eigenvalue weighted by Gasteiger charge is -2.31. The highest BCUT2D eigenvalue weighted by atomic mass is 35.5. The third kappa shape index (κ3) is 5.80. The minimum atomic E-state index is -0.669. The molecule has 2 aromatic carbocycles. The third-order valence-corrected chi connectivity index (χ3v) is 4.78. The molecule has 28 heavy (non-hydrogen) atoms. The maximum absolute atomic E-state index is 14.0. The van der Waals surface area contributed by atoms with E-state index in [0.717, 1.165) is 5.56 Å². The fraction of sp³-hybridized carbons (Fsp3) is 0.364. The van der Waals surface area contributed by atoms with Gasteiger partial charge in [0.05, 0.1) is 6.42 Å². The van der Waals surface area contributed by atoms with Crippen LogP contribution >= 0.6 is 11.6 Å². The smallest absolute Gasteiger partial charge is 0.243 e. The Morgan fingerprint density at radius 3 is 2.25 bits per heavy atom. The largest absolute Gasteiger partial charge is 0.352 e. The van der Waals surface area contributed by atoms with E-state index in [4.69, 9.17) is 11.6 Å². The minimum Gasteiger partial charge on any atom is -0.352 e. The fourth-order valence-corrected chi connectivity index (χ4v) is 3.21. The van der Waals surface area contributed by atoms with E-state index in [9.17, 15) is 14.0 Å². The lowest BCUT2D eigenvalue weighted by Crippen LogP contribution is -2.50. The van der Waals surface area contributed by atoms with Gasteiger partial charge in [-0.1, -0.05) is 54.9 Å². The van der Waals surface area contributed by atoms with Crippen molar-refractivity contribution in [1.82, 2.24) is 10.2 Å². The van der Waals surface area contributed by atoms with Crippen molar-refractivity contribution in [2.75, 3.05) is 0 Å². The Kier molecular flexibility index (Phi) is 8.00. The molecule has 0 aliphatic carbocycles. The Balaban J connectivity index is 2.33. The van der Waals surface area contributed by atoms with Crippen LogP contribution in [0, 0.1) is 5.82 Å². The van der Waals surface area contributed by atoms with E-state index in [1.54, 1.807) is 30.3 Å². The molecule has 0 bridgehead atoms. The second-order valence-corrected chi connectivity index (χ2v) is 7.38. The van der Waals surface area contributed by atoms with E-state index in [-0.39, 0.29) is 30.8 Å². The molecule has 0 saturated carbocycles. The van der Waals surface area contributed by atoms with Crippen LogP contribution in [0.15, 0.2) is 48.5 Å². The van der Waals surface area contributed by atoms with Gasteiger partial charge in [0, 0.05) is 17.6 Å². The van der Waals surface area contributed by atoms with Crippen LogP contribution < -0.4 is 5.32 Å². The van der Waals surface area contributed by atoms with Gasteiger partial charge >= 0.3 is 0 Å². The molecule has 0 aromatic heterocycles. The number of halogens is 2. The van der Waals surface area contributed by atoms with Crippen LogP contribution in [0.3, 0.4) is 0 Å². The molecule has 6 heteroatoms. The molecule has 150 valence electrons. The molecule has 0 saturated heterocycles. The number of benzene rings is 2. The van der Waals surface area contributed by atoms with Crippen molar-refractivity contribution in [2.45, 2.75) is 52.2 Å². The Morgan fingerprint density at radius 1 is 1.07 bits per heavy atom. The maximum atomic E-state index is 14.0. The molecule has 0 heterocycles. The van der Waals surface area contributed by atoms with Gasteiger partial charge in [-0.15, -0.1) is 0 Å². The number of nitrogens with one attached hydrogen (secondary N) is 1. The summed E-state index contributed by atoms with van der Waals surface area (Å²) in [6.07, 6.45) is 0.314. The summed E-state index contributed by atoms with van der Waals surface area (Å²) in [5, 5.41) is 3.38. The monoisotopic (exact) mass is 404 g/mol. The van der Waals surface area contributed by atoms with Crippen LogP contribution in [0.1, 0.15) is 38.3 Å². The van der Waals surface area contributed by atoms with Gasteiger partial charge in [0.15, 0.2) is 0 Å². The van der Waals surface area contributed by atoms with Gasteiger partial charge in [-0.25, -0.2) is 4.39 Å². The zero-order valence-corrected chi connectivity index (χ0v) is 17.2. The van der Waals surface area contributed by atoms with Gasteiger partial charge < -0.3 is 10.2 Å². The van der Waals surface area contributed by atoms with E-state index in [1.807, 2.05) is 32.9 Å². The van der Waals surface area contributed by atoms with Crippen LogP contribution in [0.25, 0.3) is 0 Å². The van der Waals surface area contributed by atoms with E-state index in [1.165, 1.54) is 11.0 Å². The third-order valence-electron chi connectivity index (χ3n) is 4.41. The van der Waals surface area contributed by atoms with E-state index < -0.39 is 11.9 Å². The van der Waals surface area contributed by atoms with Crippen molar-refractivity contribution >= 4 is 23.4 Å². The van der Waals surface area contributed by atoms with Crippen molar-refractivity contribution < 1.29 is 14.0 Å². The van der Waals surface area contributed by atoms with Gasteiger partial charge in [0.25, 0.3) is 0 Å². The second kappa shape index (κ2) is 10.2. The Labute approximate surface area is 170 Å². The van der Waals surface area contributed by atoms with E-state index in [0.29, 0.717) is 17.0 Å². The van der Waals surface area contributed by atoms with Crippen molar-refractivity contribution in [2.24, 2.45) is 0 Å². The lowest BCUT2D eigenvalue weighted by atomic mass is 10.1. The molecule has 2 amide bonds. The van der Waals surface area contributed by atoms with Crippen molar-refractivity contribution in [3.8, 4) is 0 Å². The molecule has 0 fully saturated rings. The standard InChI is InChI=1S/C22H26ClFN2O2/c1-4-20(22(28)25-15(2)3)26(14-17-10-5-7-11-18(17)23)21(27)13-16-9-6-8-12-19(16)24/h5-12,15,20H,4,13-14H2,1-3H3,(H,25,28)/t20-/m1/s1. The van der Waals surface area contributed by atoms with Crippen LogP contribution in [0.5, 0.6) is 0 Å². The van der Waals surface area contributed by atoms with Crippen LogP contribution in [-0.2, 0) is 22.6 Å². The molecule has 0 spiro atoms. The van der Waals surface area contributed by atoms with Crippen LogP contribution in [-0.4, -0.2) is 28.8 Å². The zero-order chi connectivity index (χ0) is 20.7. The minimum absolute atomic E-state index is 0.0506. The van der Waals surface area contributed by atoms with Crippen LogP contribution in [0.2, 0.25) is 5.02 Å². The van der Waals surface area contributed by atoms with Crippen molar-refractivity contribution in [3.63, 3.8) is 0 Å². The van der Waals surface area contributed by atoms with Crippen molar-refractivity contribution in [3.05, 3.63) is 70.5 Å². The number of nitrogens with zero attached hydrogens (tertiary/aromatic N) is 1. The maximum Gasteiger partial charge on any atom is 0.243 e. The number of rotatable bonds is 8. The van der Waals surface area contributed by atoms with Gasteiger partial charge in [-0.2, -0.15) is 0 Å². The summed E-state index contributed by atoms with van der Waals surface area (Å²) < 4.78 is 14.0. The normalized spacial score (nSPS) is 11.9. The molecule has 1 N–H and O–H groups in total. The molecule has 0 radical (unpaired) electrons. The molecule has 0 aliphatic heterocycles. The number of hydrogen-bond donors (Lipinski definition) is 1. The molecule has 0 unspecified atom stereocenters. The van der Waals surface area contributed by atoms with Gasteiger partial charge in [-0.05, 0) is 43.5 Å². The first-order chi connectivity index (χ1) is 13.3. The molecule has 1 atom stereocenters. The van der Waals surface area contributed by atoms with Crippen molar-refractivity contribution in [1.29, 1.82) is 0 Å². The Morgan fingerprint density at radius 2 is 1.68 bits per heavy atom. The fourth-order valence-electron chi connectivity index (χ4n) is 3.02. The lowest BCUT2D eigenvalue weighted by molar-refractivity contribution is -0.141. The number of hydrogen-bond acceptors (Lipinski definition) is 2. The molecule has 2 aromatic rings. The molecule has 2 rings (SSSR count).